The van der Waals surface area contributed by atoms with Gasteiger partial charge in [0.2, 0.25) is 5.91 Å². The summed E-state index contributed by atoms with van der Waals surface area (Å²) in [6.07, 6.45) is -1.18. The minimum absolute atomic E-state index is 0.0556. The molecule has 0 unspecified atom stereocenters. The summed E-state index contributed by atoms with van der Waals surface area (Å²) in [7, 11) is 0. The van der Waals surface area contributed by atoms with Gasteiger partial charge in [-0.2, -0.15) is 17.6 Å². The fourth-order valence-electron chi connectivity index (χ4n) is 4.04. The SMILES string of the molecule is CC(C)(C)OC(=O)C[C@@H](COC(F)F)C(=O)N[C@@H](COC(F)F)C(=O)C[C@@H](Cc1ccccc1)C(=O)OCc1ccccc1. The molecule has 0 radical (unpaired) electrons. The predicted molar refractivity (Wildman–Crippen MR) is 149 cm³/mol. The number of ketones is 1. The molecular formula is C31H37F4NO8. The molecule has 0 bridgehead atoms. The van der Waals surface area contributed by atoms with Crippen molar-refractivity contribution in [1.82, 2.24) is 5.32 Å². The van der Waals surface area contributed by atoms with Crippen LogP contribution in [0.1, 0.15) is 44.7 Å². The molecule has 2 rings (SSSR count). The highest BCUT2D eigenvalue weighted by atomic mass is 19.3. The second-order valence-electron chi connectivity index (χ2n) is 10.9. The van der Waals surface area contributed by atoms with Gasteiger partial charge in [-0.3, -0.25) is 19.2 Å². The lowest BCUT2D eigenvalue weighted by Gasteiger charge is -2.25. The molecule has 0 aromatic heterocycles. The quantitative estimate of drug-likeness (QED) is 0.184. The Morgan fingerprint density at radius 1 is 0.750 bits per heavy atom. The lowest BCUT2D eigenvalue weighted by molar-refractivity contribution is -0.165. The van der Waals surface area contributed by atoms with Gasteiger partial charge < -0.3 is 24.3 Å². The van der Waals surface area contributed by atoms with Crippen molar-refractivity contribution in [2.45, 2.75) is 71.5 Å². The van der Waals surface area contributed by atoms with Crippen molar-refractivity contribution >= 4 is 23.6 Å². The fraction of sp³-hybridized carbons (Fsp3) is 0.484. The minimum Gasteiger partial charge on any atom is -0.461 e. The van der Waals surface area contributed by atoms with Crippen molar-refractivity contribution in [3.8, 4) is 0 Å². The van der Waals surface area contributed by atoms with Gasteiger partial charge in [-0.1, -0.05) is 60.7 Å². The Hall–Kier alpha value is -3.84. The van der Waals surface area contributed by atoms with Crippen molar-refractivity contribution in [2.75, 3.05) is 13.2 Å². The molecule has 0 aliphatic heterocycles. The number of halogens is 4. The molecule has 2 aromatic rings. The molecule has 0 fully saturated rings. The van der Waals surface area contributed by atoms with E-state index < -0.39 is 86.4 Å². The van der Waals surface area contributed by atoms with Crippen molar-refractivity contribution in [1.29, 1.82) is 0 Å². The number of rotatable bonds is 18. The van der Waals surface area contributed by atoms with E-state index in [1.165, 1.54) is 0 Å². The van der Waals surface area contributed by atoms with Crippen LogP contribution in [0.3, 0.4) is 0 Å². The number of Topliss-reactive ketones (excluding diaryl/α,β-unsaturated/α-hetero) is 1. The molecule has 0 spiro atoms. The van der Waals surface area contributed by atoms with E-state index >= 15 is 0 Å². The summed E-state index contributed by atoms with van der Waals surface area (Å²) < 4.78 is 70.5. The first-order valence-electron chi connectivity index (χ1n) is 13.8. The molecule has 0 saturated carbocycles. The van der Waals surface area contributed by atoms with Crippen molar-refractivity contribution in [3.05, 3.63) is 71.8 Å². The van der Waals surface area contributed by atoms with Crippen LogP contribution in [0, 0.1) is 11.8 Å². The van der Waals surface area contributed by atoms with Crippen LogP contribution in [0.4, 0.5) is 17.6 Å². The molecule has 0 aliphatic rings. The van der Waals surface area contributed by atoms with Gasteiger partial charge in [-0.15, -0.1) is 0 Å². The summed E-state index contributed by atoms with van der Waals surface area (Å²) in [6.45, 7) is -3.91. The van der Waals surface area contributed by atoms with Gasteiger partial charge in [-0.05, 0) is 38.3 Å². The van der Waals surface area contributed by atoms with Gasteiger partial charge >= 0.3 is 25.2 Å². The van der Waals surface area contributed by atoms with Crippen LogP contribution in [0.15, 0.2) is 60.7 Å². The summed E-state index contributed by atoms with van der Waals surface area (Å²) in [5.74, 6) is -6.25. The Bertz CT molecular complexity index is 1190. The molecular weight excluding hydrogens is 590 g/mol. The third-order valence-corrected chi connectivity index (χ3v) is 6.05. The Labute approximate surface area is 253 Å². The standard InChI is InChI=1S/C31H37F4NO8/c1-31(2,3)44-26(38)16-23(18-42-29(32)33)27(39)36-24(19-43-30(34)35)25(37)15-22(14-20-10-6-4-7-11-20)28(40)41-17-21-12-8-5-9-13-21/h4-13,22-24,29-30H,14-19H2,1-3H3,(H,36,39)/t22-,23+,24+/m1/s1. The number of esters is 2. The largest absolute Gasteiger partial charge is 0.461 e. The van der Waals surface area contributed by atoms with Crippen LogP contribution in [-0.2, 0) is 51.2 Å². The highest BCUT2D eigenvalue weighted by Gasteiger charge is 2.33. The molecule has 242 valence electrons. The summed E-state index contributed by atoms with van der Waals surface area (Å²) in [5.41, 5.74) is 0.435. The zero-order valence-electron chi connectivity index (χ0n) is 24.7. The maximum absolute atomic E-state index is 13.4. The number of benzene rings is 2. The molecule has 1 N–H and O–H groups in total. The number of hydrogen-bond donors (Lipinski definition) is 1. The Morgan fingerprint density at radius 2 is 1.30 bits per heavy atom. The molecule has 0 aliphatic carbocycles. The topological polar surface area (TPSA) is 117 Å². The first-order valence-corrected chi connectivity index (χ1v) is 13.8. The third-order valence-electron chi connectivity index (χ3n) is 6.05. The predicted octanol–water partition coefficient (Wildman–Crippen LogP) is 4.86. The number of alkyl halides is 4. The van der Waals surface area contributed by atoms with E-state index in [0.29, 0.717) is 11.1 Å². The van der Waals surface area contributed by atoms with Crippen molar-refractivity contribution < 1.29 is 55.7 Å². The zero-order chi connectivity index (χ0) is 32.7. The van der Waals surface area contributed by atoms with Crippen molar-refractivity contribution in [3.63, 3.8) is 0 Å². The molecule has 1 amide bonds. The molecule has 2 aromatic carbocycles. The highest BCUT2D eigenvalue weighted by molar-refractivity contribution is 5.93. The summed E-state index contributed by atoms with van der Waals surface area (Å²) >= 11 is 0. The van der Waals surface area contributed by atoms with Gasteiger partial charge in [0.05, 0.1) is 31.5 Å². The normalized spacial score (nSPS) is 13.7. The van der Waals surface area contributed by atoms with Gasteiger partial charge in [0, 0.05) is 6.42 Å². The maximum atomic E-state index is 13.4. The van der Waals surface area contributed by atoms with Gasteiger partial charge in [0.15, 0.2) is 5.78 Å². The van der Waals surface area contributed by atoms with E-state index in [-0.39, 0.29) is 13.0 Å². The summed E-state index contributed by atoms with van der Waals surface area (Å²) in [6, 6.07) is 15.7. The first kappa shape index (κ1) is 36.4. The van der Waals surface area contributed by atoms with Crippen LogP contribution < -0.4 is 5.32 Å². The Morgan fingerprint density at radius 3 is 1.84 bits per heavy atom. The van der Waals surface area contributed by atoms with E-state index in [1.54, 1.807) is 81.4 Å². The minimum atomic E-state index is -3.31. The van der Waals surface area contributed by atoms with Crippen LogP contribution >= 0.6 is 0 Å². The lowest BCUT2D eigenvalue weighted by atomic mass is 9.92. The average Bonchev–Trinajstić information content (AvgIpc) is 2.95. The summed E-state index contributed by atoms with van der Waals surface area (Å²) in [4.78, 5) is 51.9. The molecule has 3 atom stereocenters. The third kappa shape index (κ3) is 14.6. The number of hydrogen-bond acceptors (Lipinski definition) is 8. The monoisotopic (exact) mass is 627 g/mol. The smallest absolute Gasteiger partial charge is 0.345 e. The van der Waals surface area contributed by atoms with E-state index in [0.717, 1.165) is 0 Å². The Kier molecular flexibility index (Phi) is 14.9. The molecule has 13 heteroatoms. The van der Waals surface area contributed by atoms with Gasteiger partial charge in [0.1, 0.15) is 18.2 Å². The van der Waals surface area contributed by atoms with E-state index in [2.05, 4.69) is 14.8 Å². The van der Waals surface area contributed by atoms with Crippen molar-refractivity contribution in [2.24, 2.45) is 11.8 Å². The highest BCUT2D eigenvalue weighted by Crippen LogP contribution is 2.19. The number of ether oxygens (including phenoxy) is 4. The van der Waals surface area contributed by atoms with Crippen LogP contribution in [0.2, 0.25) is 0 Å². The Balaban J connectivity index is 2.23. The zero-order valence-corrected chi connectivity index (χ0v) is 24.7. The van der Waals surface area contributed by atoms with Gasteiger partial charge in [-0.25, -0.2) is 0 Å². The second-order valence-corrected chi connectivity index (χ2v) is 10.9. The first-order chi connectivity index (χ1) is 20.7. The second kappa shape index (κ2) is 18.1. The maximum Gasteiger partial charge on any atom is 0.345 e. The van der Waals surface area contributed by atoms with E-state index in [9.17, 15) is 36.7 Å². The van der Waals surface area contributed by atoms with Crippen LogP contribution in [0.5, 0.6) is 0 Å². The number of carbonyl (C=O) groups is 4. The average molecular weight is 628 g/mol. The number of amides is 1. The lowest BCUT2D eigenvalue weighted by Crippen LogP contribution is -2.48. The molecule has 0 heterocycles. The fourth-order valence-corrected chi connectivity index (χ4v) is 4.04. The van der Waals surface area contributed by atoms with E-state index in [1.807, 2.05) is 0 Å². The summed E-state index contributed by atoms with van der Waals surface area (Å²) in [5, 5.41) is 2.20. The molecule has 9 nitrogen and oxygen atoms in total. The molecule has 44 heavy (non-hydrogen) atoms. The molecule has 0 saturated heterocycles. The number of carbonyl (C=O) groups excluding carboxylic acids is 4. The van der Waals surface area contributed by atoms with E-state index in [4.69, 9.17) is 9.47 Å². The van der Waals surface area contributed by atoms with Gasteiger partial charge in [0.25, 0.3) is 0 Å². The van der Waals surface area contributed by atoms with Crippen LogP contribution in [0.25, 0.3) is 0 Å². The number of nitrogens with one attached hydrogen (secondary N) is 1. The van der Waals surface area contributed by atoms with Crippen LogP contribution in [-0.4, -0.2) is 61.7 Å².